The van der Waals surface area contributed by atoms with Crippen molar-refractivity contribution in [1.29, 1.82) is 0 Å². The maximum Gasteiger partial charge on any atom is 0.220 e. The Morgan fingerprint density at radius 1 is 1.31 bits per heavy atom. The van der Waals surface area contributed by atoms with E-state index in [1.165, 1.54) is 0 Å². The van der Waals surface area contributed by atoms with Gasteiger partial charge in [0.05, 0.1) is 5.54 Å². The summed E-state index contributed by atoms with van der Waals surface area (Å²) in [6, 6.07) is 0. The van der Waals surface area contributed by atoms with Crippen LogP contribution in [0.1, 0.15) is 33.1 Å². The van der Waals surface area contributed by atoms with Crippen molar-refractivity contribution in [2.45, 2.75) is 38.6 Å². The lowest BCUT2D eigenvalue weighted by molar-refractivity contribution is -0.124. The van der Waals surface area contributed by atoms with Gasteiger partial charge in [0.15, 0.2) is 5.78 Å². The Morgan fingerprint density at radius 2 is 1.94 bits per heavy atom. The lowest BCUT2D eigenvalue weighted by atomic mass is 9.97. The Kier molecular flexibility index (Phi) is 6.65. The maximum absolute atomic E-state index is 11.7. The van der Waals surface area contributed by atoms with Crippen molar-refractivity contribution in [3.8, 4) is 0 Å². The first-order chi connectivity index (χ1) is 7.44. The predicted molar refractivity (Wildman–Crippen MR) is 65.2 cm³/mol. The van der Waals surface area contributed by atoms with E-state index in [2.05, 4.69) is 17.2 Å². The fourth-order valence-electron chi connectivity index (χ4n) is 1.09. The average molecular weight is 226 g/mol. The molecule has 0 aliphatic heterocycles. The van der Waals surface area contributed by atoms with Crippen LogP contribution >= 0.6 is 0 Å². The zero-order valence-electron chi connectivity index (χ0n) is 10.4. The van der Waals surface area contributed by atoms with E-state index < -0.39 is 5.54 Å². The first-order valence-corrected chi connectivity index (χ1v) is 5.54. The molecule has 4 nitrogen and oxygen atoms in total. The lowest BCUT2D eigenvalue weighted by Crippen LogP contribution is -2.45. The van der Waals surface area contributed by atoms with E-state index in [0.29, 0.717) is 25.8 Å². The van der Waals surface area contributed by atoms with E-state index >= 15 is 0 Å². The highest BCUT2D eigenvalue weighted by molar-refractivity contribution is 5.88. The Morgan fingerprint density at radius 3 is 2.44 bits per heavy atom. The van der Waals surface area contributed by atoms with Gasteiger partial charge in [-0.1, -0.05) is 6.08 Å². The normalized spacial score (nSPS) is 10.9. The Hall–Kier alpha value is -1.16. The van der Waals surface area contributed by atoms with Gasteiger partial charge in [0.25, 0.3) is 0 Å². The molecule has 16 heavy (non-hydrogen) atoms. The third kappa shape index (κ3) is 5.66. The molecule has 0 aromatic heterocycles. The van der Waals surface area contributed by atoms with Crippen molar-refractivity contribution in [1.82, 2.24) is 10.6 Å². The minimum atomic E-state index is -0.522. The standard InChI is InChI=1S/C12H22N2O2/c1-5-6-7-11(16)14-9-8-10(15)12(2,3)13-4/h5,13H,1,6-9H2,2-4H3,(H,14,16). The third-order valence-corrected chi connectivity index (χ3v) is 2.57. The highest BCUT2D eigenvalue weighted by atomic mass is 16.1. The smallest absolute Gasteiger partial charge is 0.220 e. The molecule has 0 aliphatic carbocycles. The first-order valence-electron chi connectivity index (χ1n) is 5.54. The summed E-state index contributed by atoms with van der Waals surface area (Å²) in [5, 5.41) is 5.65. The van der Waals surface area contributed by atoms with E-state index in [9.17, 15) is 9.59 Å². The highest BCUT2D eigenvalue weighted by Crippen LogP contribution is 2.05. The van der Waals surface area contributed by atoms with Gasteiger partial charge in [0.1, 0.15) is 0 Å². The van der Waals surface area contributed by atoms with Gasteiger partial charge in [0.2, 0.25) is 5.91 Å². The van der Waals surface area contributed by atoms with Crippen LogP contribution in [0.5, 0.6) is 0 Å². The van der Waals surface area contributed by atoms with Crippen LogP contribution in [0.3, 0.4) is 0 Å². The van der Waals surface area contributed by atoms with Crippen molar-refractivity contribution >= 4 is 11.7 Å². The molecule has 0 fully saturated rings. The molecule has 0 saturated heterocycles. The zero-order valence-corrected chi connectivity index (χ0v) is 10.4. The van der Waals surface area contributed by atoms with Gasteiger partial charge >= 0.3 is 0 Å². The second kappa shape index (κ2) is 7.17. The monoisotopic (exact) mass is 226 g/mol. The Bertz CT molecular complexity index is 260. The second-order valence-electron chi connectivity index (χ2n) is 4.23. The molecule has 0 rings (SSSR count). The molecule has 0 heterocycles. The summed E-state index contributed by atoms with van der Waals surface area (Å²) in [4.78, 5) is 22.9. The van der Waals surface area contributed by atoms with E-state index in [1.807, 2.05) is 13.8 Å². The number of rotatable bonds is 8. The molecular weight excluding hydrogens is 204 g/mol. The van der Waals surface area contributed by atoms with Crippen LogP contribution < -0.4 is 10.6 Å². The summed E-state index contributed by atoms with van der Waals surface area (Å²) in [5.41, 5.74) is -0.522. The quantitative estimate of drug-likeness (QED) is 0.608. The van der Waals surface area contributed by atoms with Gasteiger partial charge in [0, 0.05) is 19.4 Å². The number of likely N-dealkylation sites (N-methyl/N-ethyl adjacent to an activating group) is 1. The third-order valence-electron chi connectivity index (χ3n) is 2.57. The summed E-state index contributed by atoms with van der Waals surface area (Å²) >= 11 is 0. The van der Waals surface area contributed by atoms with Gasteiger partial charge in [-0.2, -0.15) is 0 Å². The summed E-state index contributed by atoms with van der Waals surface area (Å²) in [6.45, 7) is 7.60. The summed E-state index contributed by atoms with van der Waals surface area (Å²) in [6.07, 6.45) is 3.16. The highest BCUT2D eigenvalue weighted by Gasteiger charge is 2.24. The van der Waals surface area contributed by atoms with E-state index in [0.717, 1.165) is 0 Å². The van der Waals surface area contributed by atoms with E-state index in [-0.39, 0.29) is 11.7 Å². The molecule has 4 heteroatoms. The molecule has 0 atom stereocenters. The molecule has 92 valence electrons. The number of hydrogen-bond acceptors (Lipinski definition) is 3. The molecule has 0 aromatic rings. The largest absolute Gasteiger partial charge is 0.356 e. The van der Waals surface area contributed by atoms with Crippen molar-refractivity contribution in [2.75, 3.05) is 13.6 Å². The van der Waals surface area contributed by atoms with E-state index in [4.69, 9.17) is 0 Å². The van der Waals surface area contributed by atoms with Gasteiger partial charge < -0.3 is 10.6 Å². The van der Waals surface area contributed by atoms with Crippen LogP contribution in [0.25, 0.3) is 0 Å². The number of hydrogen-bond donors (Lipinski definition) is 2. The minimum Gasteiger partial charge on any atom is -0.356 e. The number of allylic oxidation sites excluding steroid dienone is 1. The minimum absolute atomic E-state index is 0.0324. The molecule has 2 N–H and O–H groups in total. The molecule has 0 aromatic carbocycles. The number of Topliss-reactive ketones (excluding diaryl/α,β-unsaturated/α-hetero) is 1. The number of amides is 1. The summed E-state index contributed by atoms with van der Waals surface area (Å²) in [7, 11) is 1.75. The fraction of sp³-hybridized carbons (Fsp3) is 0.667. The number of nitrogens with one attached hydrogen (secondary N) is 2. The van der Waals surface area contributed by atoms with Crippen LogP contribution in [0.4, 0.5) is 0 Å². The summed E-state index contributed by atoms with van der Waals surface area (Å²) < 4.78 is 0. The van der Waals surface area contributed by atoms with Gasteiger partial charge in [-0.3, -0.25) is 9.59 Å². The zero-order chi connectivity index (χ0) is 12.6. The van der Waals surface area contributed by atoms with E-state index in [1.54, 1.807) is 13.1 Å². The molecule has 0 saturated carbocycles. The topological polar surface area (TPSA) is 58.2 Å². The second-order valence-corrected chi connectivity index (χ2v) is 4.23. The molecule has 0 unspecified atom stereocenters. The maximum atomic E-state index is 11.7. The van der Waals surface area contributed by atoms with Gasteiger partial charge in [-0.15, -0.1) is 6.58 Å². The van der Waals surface area contributed by atoms with Crippen LogP contribution in [0.2, 0.25) is 0 Å². The van der Waals surface area contributed by atoms with Crippen molar-refractivity contribution < 1.29 is 9.59 Å². The van der Waals surface area contributed by atoms with Gasteiger partial charge in [-0.25, -0.2) is 0 Å². The van der Waals surface area contributed by atoms with Crippen LogP contribution in [-0.4, -0.2) is 30.8 Å². The number of ketones is 1. The Balaban J connectivity index is 3.78. The number of carbonyl (C=O) groups is 2. The van der Waals surface area contributed by atoms with Crippen molar-refractivity contribution in [3.63, 3.8) is 0 Å². The average Bonchev–Trinajstić information content (AvgIpc) is 2.26. The number of carbonyl (C=O) groups excluding carboxylic acids is 2. The molecule has 1 amide bonds. The first kappa shape index (κ1) is 14.8. The SMILES string of the molecule is C=CCCC(=O)NCCC(=O)C(C)(C)NC. The Labute approximate surface area is 97.5 Å². The predicted octanol–water partition coefficient (Wildman–Crippen LogP) is 1.03. The van der Waals surface area contributed by atoms with Crippen LogP contribution in [-0.2, 0) is 9.59 Å². The van der Waals surface area contributed by atoms with Crippen LogP contribution in [0.15, 0.2) is 12.7 Å². The summed E-state index contributed by atoms with van der Waals surface area (Å²) in [5.74, 6) is 0.0639. The van der Waals surface area contributed by atoms with Crippen molar-refractivity contribution in [3.05, 3.63) is 12.7 Å². The van der Waals surface area contributed by atoms with Crippen LogP contribution in [0, 0.1) is 0 Å². The molecule has 0 spiro atoms. The molecular formula is C12H22N2O2. The lowest BCUT2D eigenvalue weighted by Gasteiger charge is -2.22. The molecule has 0 bridgehead atoms. The molecule has 0 aliphatic rings. The molecule has 0 radical (unpaired) electrons. The fourth-order valence-corrected chi connectivity index (χ4v) is 1.09. The van der Waals surface area contributed by atoms with Gasteiger partial charge in [-0.05, 0) is 27.3 Å². The van der Waals surface area contributed by atoms with Crippen molar-refractivity contribution in [2.24, 2.45) is 0 Å².